The van der Waals surface area contributed by atoms with E-state index in [2.05, 4.69) is 49.9 Å². The molecule has 1 aliphatic carbocycles. The van der Waals surface area contributed by atoms with E-state index in [9.17, 15) is 22.8 Å². The van der Waals surface area contributed by atoms with Gasteiger partial charge in [0.15, 0.2) is 0 Å². The monoisotopic (exact) mass is 501 g/mol. The Kier molecular flexibility index (Phi) is 6.38. The fourth-order valence-corrected chi connectivity index (χ4v) is 5.24. The molecule has 4 rings (SSSR count). The molecule has 0 spiro atoms. The largest absolute Gasteiger partial charge is 0.573 e. The predicted molar refractivity (Wildman–Crippen MR) is 133 cm³/mol. The lowest BCUT2D eigenvalue weighted by Gasteiger charge is -2.34. The molecule has 0 radical (unpaired) electrons. The van der Waals surface area contributed by atoms with Crippen molar-refractivity contribution in [3.63, 3.8) is 0 Å². The van der Waals surface area contributed by atoms with Crippen LogP contribution < -0.4 is 10.1 Å². The first kappa shape index (κ1) is 25.1. The van der Waals surface area contributed by atoms with Gasteiger partial charge in [-0.1, -0.05) is 45.9 Å². The molecule has 2 aromatic carbocycles. The molecule has 35 heavy (non-hydrogen) atoms. The maximum absolute atomic E-state index is 13.3. The second-order valence-corrected chi connectivity index (χ2v) is 10.8. The molecular formula is C27H26F3NO3S. The van der Waals surface area contributed by atoms with Crippen LogP contribution in [0.25, 0.3) is 22.8 Å². The number of aryl methyl sites for hydroxylation is 1. The number of alkyl halides is 3. The zero-order valence-electron chi connectivity index (χ0n) is 20.1. The number of imide groups is 1. The van der Waals surface area contributed by atoms with Gasteiger partial charge in [0.05, 0.1) is 4.91 Å². The third-order valence-corrected chi connectivity index (χ3v) is 7.13. The highest BCUT2D eigenvalue weighted by atomic mass is 32.2. The number of carbonyl (C=O) groups excluding carboxylic acids is 2. The Labute approximate surface area is 206 Å². The Morgan fingerprint density at radius 3 is 2.40 bits per heavy atom. The summed E-state index contributed by atoms with van der Waals surface area (Å²) in [5.74, 6) is -0.610. The summed E-state index contributed by atoms with van der Waals surface area (Å²) in [6.45, 7) is 10.4. The first-order valence-electron chi connectivity index (χ1n) is 11.3. The summed E-state index contributed by atoms with van der Waals surface area (Å²) >= 11 is 0.752. The number of hydrogen-bond acceptors (Lipinski definition) is 4. The van der Waals surface area contributed by atoms with Crippen molar-refractivity contribution in [3.05, 3.63) is 63.6 Å². The van der Waals surface area contributed by atoms with Gasteiger partial charge >= 0.3 is 6.36 Å². The number of fused-ring (bicyclic) bond motifs is 1. The zero-order valence-corrected chi connectivity index (χ0v) is 20.9. The number of benzene rings is 2. The van der Waals surface area contributed by atoms with Gasteiger partial charge in [0.2, 0.25) is 0 Å². The quantitative estimate of drug-likeness (QED) is 0.438. The number of allylic oxidation sites excluding steroid dienone is 2. The fourth-order valence-electron chi connectivity index (χ4n) is 4.56. The van der Waals surface area contributed by atoms with Gasteiger partial charge < -0.3 is 4.74 Å². The van der Waals surface area contributed by atoms with Gasteiger partial charge in [-0.2, -0.15) is 0 Å². The van der Waals surface area contributed by atoms with Crippen molar-refractivity contribution in [2.45, 2.75) is 52.8 Å². The lowest BCUT2D eigenvalue weighted by molar-refractivity contribution is -0.274. The molecule has 0 atom stereocenters. The molecule has 1 N–H and O–H groups in total. The van der Waals surface area contributed by atoms with Crippen molar-refractivity contribution in [3.8, 4) is 16.9 Å². The van der Waals surface area contributed by atoms with Crippen molar-refractivity contribution in [2.24, 2.45) is 5.92 Å². The molecule has 1 heterocycles. The average Bonchev–Trinajstić information content (AvgIpc) is 3.04. The van der Waals surface area contributed by atoms with E-state index < -0.39 is 17.5 Å². The molecule has 2 amide bonds. The Hall–Kier alpha value is -3.00. The first-order chi connectivity index (χ1) is 16.2. The second kappa shape index (κ2) is 8.90. The van der Waals surface area contributed by atoms with Gasteiger partial charge in [-0.15, -0.1) is 13.2 Å². The number of nitrogens with one attached hydrogen (secondary N) is 1. The summed E-state index contributed by atoms with van der Waals surface area (Å²) in [5, 5.41) is 1.69. The highest BCUT2D eigenvalue weighted by Gasteiger charge is 2.34. The molecule has 4 nitrogen and oxygen atoms in total. The lowest BCUT2D eigenvalue weighted by Crippen LogP contribution is -2.23. The Balaban J connectivity index is 1.92. The van der Waals surface area contributed by atoms with Crippen molar-refractivity contribution < 1.29 is 27.5 Å². The molecular weight excluding hydrogens is 475 g/mol. The van der Waals surface area contributed by atoms with E-state index in [0.717, 1.165) is 34.9 Å². The van der Waals surface area contributed by atoms with E-state index in [1.54, 1.807) is 6.07 Å². The molecule has 2 aliphatic rings. The molecule has 8 heteroatoms. The van der Waals surface area contributed by atoms with Gasteiger partial charge in [0.25, 0.3) is 11.1 Å². The van der Waals surface area contributed by atoms with E-state index in [0.29, 0.717) is 11.1 Å². The number of rotatable bonds is 4. The minimum absolute atomic E-state index is 0.103. The Morgan fingerprint density at radius 1 is 1.09 bits per heavy atom. The molecule has 1 fully saturated rings. The van der Waals surface area contributed by atoms with Gasteiger partial charge in [0, 0.05) is 5.56 Å². The Bertz CT molecular complexity index is 1290. The smallest absolute Gasteiger partial charge is 0.405 e. The number of carbonyl (C=O) groups is 2. The minimum atomic E-state index is -4.87. The van der Waals surface area contributed by atoms with E-state index in [4.69, 9.17) is 0 Å². The Morgan fingerprint density at radius 2 is 1.80 bits per heavy atom. The molecule has 0 unspecified atom stereocenters. The third kappa shape index (κ3) is 5.17. The van der Waals surface area contributed by atoms with Crippen LogP contribution in [0.3, 0.4) is 0 Å². The van der Waals surface area contributed by atoms with Crippen LogP contribution in [0.1, 0.15) is 56.4 Å². The summed E-state index contributed by atoms with van der Waals surface area (Å²) in [5.41, 5.74) is 5.43. The van der Waals surface area contributed by atoms with E-state index in [1.165, 1.54) is 23.8 Å². The zero-order chi connectivity index (χ0) is 25.7. The maximum atomic E-state index is 13.3. The predicted octanol–water partition coefficient (Wildman–Crippen LogP) is 7.61. The van der Waals surface area contributed by atoms with Crippen LogP contribution in [0.2, 0.25) is 0 Å². The lowest BCUT2D eigenvalue weighted by atomic mass is 9.70. The van der Waals surface area contributed by atoms with Crippen molar-refractivity contribution in [2.75, 3.05) is 0 Å². The van der Waals surface area contributed by atoms with Crippen LogP contribution in [-0.4, -0.2) is 17.5 Å². The van der Waals surface area contributed by atoms with Gasteiger partial charge in [-0.25, -0.2) is 0 Å². The number of hydrogen-bond donors (Lipinski definition) is 1. The third-order valence-electron chi connectivity index (χ3n) is 6.32. The van der Waals surface area contributed by atoms with Crippen molar-refractivity contribution >= 4 is 34.6 Å². The summed E-state index contributed by atoms with van der Waals surface area (Å²) in [7, 11) is 0. The molecule has 0 bridgehead atoms. The normalized spacial score (nSPS) is 18.5. The molecule has 2 aromatic rings. The van der Waals surface area contributed by atoms with Gasteiger partial charge in [-0.05, 0) is 94.1 Å². The van der Waals surface area contributed by atoms with Crippen molar-refractivity contribution in [1.29, 1.82) is 0 Å². The molecule has 0 saturated carbocycles. The summed E-state index contributed by atoms with van der Waals surface area (Å²) in [6.07, 6.45) is -0.277. The molecule has 0 aromatic heterocycles. The van der Waals surface area contributed by atoms with Gasteiger partial charge in [-0.3, -0.25) is 14.9 Å². The van der Waals surface area contributed by atoms with E-state index in [1.807, 2.05) is 13.0 Å². The minimum Gasteiger partial charge on any atom is -0.405 e. The highest BCUT2D eigenvalue weighted by molar-refractivity contribution is 8.18. The molecule has 184 valence electrons. The second-order valence-electron chi connectivity index (χ2n) is 9.77. The summed E-state index contributed by atoms with van der Waals surface area (Å²) in [6, 6.07) is 8.25. The van der Waals surface area contributed by atoms with Crippen LogP contribution in [-0.2, 0) is 10.2 Å². The van der Waals surface area contributed by atoms with Crippen molar-refractivity contribution in [1.82, 2.24) is 5.32 Å². The average molecular weight is 502 g/mol. The SMILES string of the molecule is Cc1cc2c(cc1-c1cc(/C=C3/SC(=O)NC3=O)ccc1OC(F)(F)F)C(C(C)C)=CCC2(C)C. The first-order valence-corrected chi connectivity index (χ1v) is 12.1. The number of thioether (sulfide) groups is 1. The van der Waals surface area contributed by atoms with Crippen LogP contribution in [0.4, 0.5) is 18.0 Å². The number of ether oxygens (including phenoxy) is 1. The fraction of sp³-hybridized carbons (Fsp3) is 0.333. The number of amides is 2. The maximum Gasteiger partial charge on any atom is 0.573 e. The van der Waals surface area contributed by atoms with E-state index >= 15 is 0 Å². The topological polar surface area (TPSA) is 55.4 Å². The van der Waals surface area contributed by atoms with E-state index in [-0.39, 0.29) is 27.6 Å². The van der Waals surface area contributed by atoms with Crippen LogP contribution in [0.5, 0.6) is 5.75 Å². The summed E-state index contributed by atoms with van der Waals surface area (Å²) < 4.78 is 44.2. The van der Waals surface area contributed by atoms with Crippen LogP contribution >= 0.6 is 11.8 Å². The van der Waals surface area contributed by atoms with Gasteiger partial charge in [0.1, 0.15) is 5.75 Å². The highest BCUT2D eigenvalue weighted by Crippen LogP contribution is 2.46. The number of halogens is 3. The molecule has 1 aliphatic heterocycles. The molecule has 1 saturated heterocycles. The van der Waals surface area contributed by atoms with Crippen LogP contribution in [0.15, 0.2) is 41.3 Å². The standard InChI is InChI=1S/C27H26F3NO3S/c1-14(2)17-8-9-26(4,5)21-10-15(3)18(13-19(17)21)20-11-16(6-7-22(20)34-27(28,29)30)12-23-24(32)31-25(33)35-23/h6-8,10-14H,9H2,1-5H3,(H,31,32,33)/b23-12+. The van der Waals surface area contributed by atoms with Crippen LogP contribution in [0, 0.1) is 12.8 Å². The summed E-state index contributed by atoms with van der Waals surface area (Å²) in [4.78, 5) is 23.7.